The van der Waals surface area contributed by atoms with Crippen molar-refractivity contribution < 1.29 is 24.5 Å². The maximum atomic E-state index is 12.5. The van der Waals surface area contributed by atoms with Gasteiger partial charge in [-0.05, 0) is 70.6 Å². The van der Waals surface area contributed by atoms with Crippen molar-refractivity contribution in [1.29, 1.82) is 0 Å². The third-order valence-corrected chi connectivity index (χ3v) is 13.9. The van der Waals surface area contributed by atoms with Gasteiger partial charge < -0.3 is 20.3 Å². The van der Waals surface area contributed by atoms with Gasteiger partial charge in [-0.15, -0.1) is 0 Å². The zero-order valence-corrected chi connectivity index (χ0v) is 45.6. The maximum Gasteiger partial charge on any atom is 0.305 e. The highest BCUT2D eigenvalue weighted by atomic mass is 16.5. The van der Waals surface area contributed by atoms with Crippen LogP contribution in [0.2, 0.25) is 0 Å². The Morgan fingerprint density at radius 1 is 0.412 bits per heavy atom. The van der Waals surface area contributed by atoms with Crippen LogP contribution in [-0.2, 0) is 14.3 Å². The zero-order chi connectivity index (χ0) is 49.3. The average Bonchev–Trinajstić information content (AvgIpc) is 3.34. The lowest BCUT2D eigenvalue weighted by atomic mass is 10.0. The molecule has 0 aromatic heterocycles. The fourth-order valence-corrected chi connectivity index (χ4v) is 9.25. The molecule has 0 fully saturated rings. The van der Waals surface area contributed by atoms with Crippen LogP contribution >= 0.6 is 0 Å². The quantitative estimate of drug-likeness (QED) is 0.0321. The number of rotatable bonds is 56. The number of allylic oxidation sites excluding steroid dienone is 5. The average molecular weight is 957 g/mol. The molecule has 0 spiro atoms. The van der Waals surface area contributed by atoms with Gasteiger partial charge in [0.15, 0.2) is 0 Å². The van der Waals surface area contributed by atoms with Crippen molar-refractivity contribution in [2.45, 2.75) is 334 Å². The van der Waals surface area contributed by atoms with Gasteiger partial charge in [0, 0.05) is 12.8 Å². The van der Waals surface area contributed by atoms with Crippen LogP contribution in [0.15, 0.2) is 36.5 Å². The molecule has 0 aliphatic heterocycles. The van der Waals surface area contributed by atoms with E-state index in [-0.39, 0.29) is 18.5 Å². The smallest absolute Gasteiger partial charge is 0.305 e. The molecule has 0 saturated heterocycles. The van der Waals surface area contributed by atoms with Crippen LogP contribution in [-0.4, -0.2) is 47.4 Å². The maximum absolute atomic E-state index is 12.5. The Balaban J connectivity index is 3.49. The molecule has 6 nitrogen and oxygen atoms in total. The second-order valence-electron chi connectivity index (χ2n) is 20.7. The SMILES string of the molecule is CCCCCCCCCCCCCCC/C=C/C(O)C(CO)NC(=O)CCCCCCCCC/C=C\C/C=C\CCCCCOC(=O)CCCCCCCCCCCCCCCCCCCCC. The van der Waals surface area contributed by atoms with Crippen LogP contribution in [0.3, 0.4) is 0 Å². The summed E-state index contributed by atoms with van der Waals surface area (Å²) in [4.78, 5) is 24.5. The van der Waals surface area contributed by atoms with E-state index in [1.54, 1.807) is 6.08 Å². The number of aliphatic hydroxyl groups is 2. The number of carbonyl (C=O) groups is 2. The number of nitrogens with one attached hydrogen (secondary N) is 1. The summed E-state index contributed by atoms with van der Waals surface area (Å²) in [6.07, 6.45) is 71.8. The summed E-state index contributed by atoms with van der Waals surface area (Å²) in [6.45, 7) is 4.87. The topological polar surface area (TPSA) is 95.9 Å². The van der Waals surface area contributed by atoms with Crippen molar-refractivity contribution >= 4 is 11.9 Å². The molecule has 1 amide bonds. The second-order valence-corrected chi connectivity index (χ2v) is 20.7. The van der Waals surface area contributed by atoms with Crippen LogP contribution in [0.4, 0.5) is 0 Å². The molecule has 0 aromatic rings. The predicted octanol–water partition coefficient (Wildman–Crippen LogP) is 18.8. The molecule has 0 heterocycles. The number of hydrogen-bond acceptors (Lipinski definition) is 5. The van der Waals surface area contributed by atoms with Crippen molar-refractivity contribution in [1.82, 2.24) is 5.32 Å². The minimum absolute atomic E-state index is 0.0117. The molecule has 68 heavy (non-hydrogen) atoms. The van der Waals surface area contributed by atoms with Gasteiger partial charge in [0.25, 0.3) is 0 Å². The summed E-state index contributed by atoms with van der Waals surface area (Å²) < 4.78 is 5.47. The van der Waals surface area contributed by atoms with Gasteiger partial charge in [-0.25, -0.2) is 0 Å². The van der Waals surface area contributed by atoms with Gasteiger partial charge in [0.05, 0.1) is 25.4 Å². The van der Waals surface area contributed by atoms with E-state index in [1.807, 2.05) is 6.08 Å². The lowest BCUT2D eigenvalue weighted by molar-refractivity contribution is -0.143. The fourth-order valence-electron chi connectivity index (χ4n) is 9.25. The van der Waals surface area contributed by atoms with Crippen LogP contribution in [0.5, 0.6) is 0 Å². The Labute approximate surface area is 424 Å². The first-order valence-electron chi connectivity index (χ1n) is 30.3. The summed E-state index contributed by atoms with van der Waals surface area (Å²) in [7, 11) is 0. The lowest BCUT2D eigenvalue weighted by Crippen LogP contribution is -2.45. The number of unbranched alkanes of at least 4 members (excludes halogenated alkanes) is 41. The monoisotopic (exact) mass is 956 g/mol. The Morgan fingerprint density at radius 3 is 1.12 bits per heavy atom. The van der Waals surface area contributed by atoms with Gasteiger partial charge in [-0.2, -0.15) is 0 Å². The van der Waals surface area contributed by atoms with Crippen LogP contribution in [0.1, 0.15) is 322 Å². The molecule has 0 aliphatic carbocycles. The normalized spacial score (nSPS) is 12.8. The van der Waals surface area contributed by atoms with Gasteiger partial charge in [-0.3, -0.25) is 9.59 Å². The van der Waals surface area contributed by atoms with E-state index in [1.165, 1.54) is 212 Å². The molecule has 2 atom stereocenters. The minimum Gasteiger partial charge on any atom is -0.466 e. The van der Waals surface area contributed by atoms with E-state index in [4.69, 9.17) is 4.74 Å². The molecule has 2 unspecified atom stereocenters. The van der Waals surface area contributed by atoms with E-state index >= 15 is 0 Å². The van der Waals surface area contributed by atoms with E-state index in [0.717, 1.165) is 83.5 Å². The van der Waals surface area contributed by atoms with Crippen molar-refractivity contribution in [3.63, 3.8) is 0 Å². The Hall–Kier alpha value is -1.92. The minimum atomic E-state index is -0.855. The molecule has 0 aromatic carbocycles. The summed E-state index contributed by atoms with van der Waals surface area (Å²) >= 11 is 0. The highest BCUT2D eigenvalue weighted by molar-refractivity contribution is 5.76. The third-order valence-electron chi connectivity index (χ3n) is 13.9. The van der Waals surface area contributed by atoms with Crippen molar-refractivity contribution in [3.8, 4) is 0 Å². The second kappa shape index (κ2) is 57.7. The van der Waals surface area contributed by atoms with E-state index in [0.29, 0.717) is 19.4 Å². The Bertz CT molecular complexity index is 1100. The van der Waals surface area contributed by atoms with Gasteiger partial charge >= 0.3 is 5.97 Å². The first-order chi connectivity index (χ1) is 33.5. The van der Waals surface area contributed by atoms with Crippen LogP contribution in [0.25, 0.3) is 0 Å². The van der Waals surface area contributed by atoms with E-state index in [2.05, 4.69) is 43.5 Å². The summed E-state index contributed by atoms with van der Waals surface area (Å²) in [5, 5.41) is 23.1. The largest absolute Gasteiger partial charge is 0.466 e. The Kier molecular flexibility index (Phi) is 56.0. The molecule has 0 rings (SSSR count). The summed E-state index contributed by atoms with van der Waals surface area (Å²) in [5.41, 5.74) is 0. The first-order valence-corrected chi connectivity index (χ1v) is 30.3. The predicted molar refractivity (Wildman–Crippen MR) is 296 cm³/mol. The molecule has 0 bridgehead atoms. The molecule has 3 N–H and O–H groups in total. The molecule has 0 radical (unpaired) electrons. The first kappa shape index (κ1) is 66.1. The van der Waals surface area contributed by atoms with Crippen molar-refractivity contribution in [2.24, 2.45) is 0 Å². The highest BCUT2D eigenvalue weighted by Gasteiger charge is 2.18. The third kappa shape index (κ3) is 53.4. The summed E-state index contributed by atoms with van der Waals surface area (Å²) in [6, 6.07) is -0.640. The molecular weight excluding hydrogens is 839 g/mol. The molecular formula is C62H117NO5. The van der Waals surface area contributed by atoms with E-state index < -0.39 is 12.1 Å². The molecule has 400 valence electrons. The van der Waals surface area contributed by atoms with Crippen molar-refractivity contribution in [2.75, 3.05) is 13.2 Å². The number of ether oxygens (including phenoxy) is 1. The number of carbonyl (C=O) groups excluding carboxylic acids is 2. The summed E-state index contributed by atoms with van der Waals surface area (Å²) in [5.74, 6) is -0.0949. The molecule has 6 heteroatoms. The number of esters is 1. The standard InChI is InChI=1S/C62H117NO5/c1-3-5-7-9-11-13-15-17-19-20-21-24-28-32-36-40-44-48-52-56-62(67)68-57-53-49-45-41-37-33-29-25-22-23-27-31-35-39-43-47-51-55-61(66)63-59(58-64)60(65)54-50-46-42-38-34-30-26-18-16-14-12-10-8-6-4-2/h22,25,33,37,50,54,59-60,64-65H,3-21,23-24,26-32,34-36,38-49,51-53,55-58H2,1-2H3,(H,63,66)/b25-22-,37-33-,54-50+. The lowest BCUT2D eigenvalue weighted by Gasteiger charge is -2.20. The molecule has 0 aliphatic rings. The van der Waals surface area contributed by atoms with Gasteiger partial charge in [0.2, 0.25) is 5.91 Å². The Morgan fingerprint density at radius 2 is 0.735 bits per heavy atom. The van der Waals surface area contributed by atoms with Crippen LogP contribution < -0.4 is 5.32 Å². The number of aliphatic hydroxyl groups excluding tert-OH is 2. The van der Waals surface area contributed by atoms with Crippen LogP contribution in [0, 0.1) is 0 Å². The number of amides is 1. The van der Waals surface area contributed by atoms with E-state index in [9.17, 15) is 19.8 Å². The molecule has 0 saturated carbocycles. The van der Waals surface area contributed by atoms with Crippen molar-refractivity contribution in [3.05, 3.63) is 36.5 Å². The number of hydrogen-bond donors (Lipinski definition) is 3. The van der Waals surface area contributed by atoms with Gasteiger partial charge in [-0.1, -0.05) is 275 Å². The fraction of sp³-hybridized carbons (Fsp3) is 0.871. The zero-order valence-electron chi connectivity index (χ0n) is 45.6. The van der Waals surface area contributed by atoms with Gasteiger partial charge in [0.1, 0.15) is 0 Å². The highest BCUT2D eigenvalue weighted by Crippen LogP contribution is 2.17.